The molecule has 64 heavy (non-hydrogen) atoms. The number of H-pyrrole nitrogens is 1. The molecule has 0 fully saturated rings. The standard InChI is InChI=1S/C47H59N7O10/c1-6-27(3)40(45(61)52-38(47(63)64)24-32-26-48-34-21-15-14-20-33(32)34)54-46(62)41(28(4)7-2)53-44(60)37(25-39(56)57)51-43(59)36(23-31-18-12-9-13-19-31)50-42(58)35(49-29(5)55)22-30-16-10-8-11-17-30/h8-21,26-28,35-38,40-41,48H,6-7,22-25H2,1-5H3,(H,49,55)(H,50,58)(H,51,59)(H,52,61)(H,53,60)(H,54,62)(H,56,57)(H,63,64)/t27-,28-,35-,36+,37+,38+,40+,41+/m1/s1. The van der Waals surface area contributed by atoms with Crippen molar-refractivity contribution in [1.29, 1.82) is 0 Å². The number of aromatic amines is 1. The van der Waals surface area contributed by atoms with Gasteiger partial charge in [0.05, 0.1) is 6.42 Å². The highest BCUT2D eigenvalue weighted by Crippen LogP contribution is 2.20. The maximum Gasteiger partial charge on any atom is 0.326 e. The molecular formula is C47H59N7O10. The van der Waals surface area contributed by atoms with Crippen molar-refractivity contribution >= 4 is 58.3 Å². The Labute approximate surface area is 371 Å². The average molecular weight is 882 g/mol. The lowest BCUT2D eigenvalue weighted by molar-refractivity contribution is -0.142. The number of nitrogens with one attached hydrogen (secondary N) is 7. The number of carboxylic acids is 2. The van der Waals surface area contributed by atoms with E-state index in [1.807, 2.05) is 24.3 Å². The molecule has 0 unspecified atom stereocenters. The number of aromatic nitrogens is 1. The SMILES string of the molecule is CC[C@@H](C)[C@H](NC(=O)[C@H](CC(=O)O)NC(=O)[C@H](Cc1ccccc1)NC(=O)[C@@H](Cc1ccccc1)NC(C)=O)C(=O)N[C@H](C(=O)N[C@@H](Cc1c[nH]c2ccccc12)C(=O)O)[C@H](C)CC. The summed E-state index contributed by atoms with van der Waals surface area (Å²) in [6.45, 7) is 8.18. The van der Waals surface area contributed by atoms with Gasteiger partial charge in [0.25, 0.3) is 0 Å². The Hall–Kier alpha value is -7.04. The van der Waals surface area contributed by atoms with E-state index in [0.717, 1.165) is 16.5 Å². The molecule has 0 saturated carbocycles. The Bertz CT molecular complexity index is 2250. The third-order valence-electron chi connectivity index (χ3n) is 11.2. The first-order valence-electron chi connectivity index (χ1n) is 21.4. The molecule has 0 bridgehead atoms. The normalized spacial score (nSPS) is 14.8. The molecule has 1 heterocycles. The average Bonchev–Trinajstić information content (AvgIpc) is 3.68. The van der Waals surface area contributed by atoms with Gasteiger partial charge in [0.2, 0.25) is 35.4 Å². The van der Waals surface area contributed by atoms with Gasteiger partial charge in [0.15, 0.2) is 0 Å². The van der Waals surface area contributed by atoms with E-state index in [-0.39, 0.29) is 19.3 Å². The van der Waals surface area contributed by atoms with Gasteiger partial charge >= 0.3 is 11.9 Å². The topological polar surface area (TPSA) is 265 Å². The summed E-state index contributed by atoms with van der Waals surface area (Å²) in [5.74, 6) is -8.44. The molecule has 4 aromatic rings. The lowest BCUT2D eigenvalue weighted by Crippen LogP contribution is -2.61. The van der Waals surface area contributed by atoms with Crippen LogP contribution in [0.5, 0.6) is 0 Å². The summed E-state index contributed by atoms with van der Waals surface area (Å²) in [5.41, 5.74) is 2.83. The summed E-state index contributed by atoms with van der Waals surface area (Å²) < 4.78 is 0. The highest BCUT2D eigenvalue weighted by molar-refractivity contribution is 5.98. The largest absolute Gasteiger partial charge is 0.481 e. The number of amides is 6. The van der Waals surface area contributed by atoms with Gasteiger partial charge in [-0.05, 0) is 34.6 Å². The molecule has 0 spiro atoms. The monoisotopic (exact) mass is 881 g/mol. The van der Waals surface area contributed by atoms with Crippen molar-refractivity contribution in [2.45, 2.75) is 109 Å². The van der Waals surface area contributed by atoms with Crippen LogP contribution in [0.4, 0.5) is 0 Å². The first-order valence-corrected chi connectivity index (χ1v) is 21.4. The molecule has 1 aromatic heterocycles. The molecule has 6 amide bonds. The summed E-state index contributed by atoms with van der Waals surface area (Å²) >= 11 is 0. The predicted molar refractivity (Wildman–Crippen MR) is 238 cm³/mol. The minimum Gasteiger partial charge on any atom is -0.481 e. The maximum atomic E-state index is 14.1. The van der Waals surface area contributed by atoms with E-state index >= 15 is 0 Å². The highest BCUT2D eigenvalue weighted by Gasteiger charge is 2.37. The quantitative estimate of drug-likeness (QED) is 0.0497. The van der Waals surface area contributed by atoms with Gasteiger partial charge in [-0.2, -0.15) is 0 Å². The number of carbonyl (C=O) groups is 8. The van der Waals surface area contributed by atoms with Crippen LogP contribution in [0.3, 0.4) is 0 Å². The van der Waals surface area contributed by atoms with Gasteiger partial charge < -0.3 is 47.1 Å². The van der Waals surface area contributed by atoms with Crippen LogP contribution >= 0.6 is 0 Å². The van der Waals surface area contributed by atoms with Crippen LogP contribution in [0.25, 0.3) is 10.9 Å². The smallest absolute Gasteiger partial charge is 0.326 e. The van der Waals surface area contributed by atoms with Crippen LogP contribution in [0.1, 0.15) is 70.6 Å². The number of rotatable bonds is 24. The molecular weight excluding hydrogens is 823 g/mol. The summed E-state index contributed by atoms with van der Waals surface area (Å²) in [7, 11) is 0. The van der Waals surface area contributed by atoms with E-state index in [4.69, 9.17) is 0 Å². The number of aliphatic carboxylic acids is 2. The van der Waals surface area contributed by atoms with Gasteiger partial charge in [-0.3, -0.25) is 33.6 Å². The second kappa shape index (κ2) is 24.0. The third-order valence-corrected chi connectivity index (χ3v) is 11.2. The van der Waals surface area contributed by atoms with Gasteiger partial charge in [-0.25, -0.2) is 4.79 Å². The van der Waals surface area contributed by atoms with E-state index in [2.05, 4.69) is 36.9 Å². The van der Waals surface area contributed by atoms with E-state index in [1.165, 1.54) is 6.92 Å². The Morgan fingerprint density at radius 2 is 0.969 bits per heavy atom. The second-order valence-corrected chi connectivity index (χ2v) is 16.1. The molecule has 0 aliphatic carbocycles. The fraction of sp³-hybridized carbons (Fsp3) is 0.404. The van der Waals surface area contributed by atoms with E-state index < -0.39 is 102 Å². The maximum absolute atomic E-state index is 14.1. The molecule has 4 rings (SSSR count). The van der Waals surface area contributed by atoms with Gasteiger partial charge in [-0.15, -0.1) is 0 Å². The number of para-hydroxylation sites is 1. The second-order valence-electron chi connectivity index (χ2n) is 16.1. The summed E-state index contributed by atoms with van der Waals surface area (Å²) in [6, 6.07) is 16.8. The van der Waals surface area contributed by atoms with Crippen LogP contribution in [0, 0.1) is 11.8 Å². The van der Waals surface area contributed by atoms with Crippen molar-refractivity contribution in [3.05, 3.63) is 108 Å². The fourth-order valence-electron chi connectivity index (χ4n) is 7.17. The highest BCUT2D eigenvalue weighted by atomic mass is 16.4. The fourth-order valence-corrected chi connectivity index (χ4v) is 7.17. The Morgan fingerprint density at radius 3 is 1.47 bits per heavy atom. The van der Waals surface area contributed by atoms with Gasteiger partial charge in [0.1, 0.15) is 36.3 Å². The molecule has 17 nitrogen and oxygen atoms in total. The van der Waals surface area contributed by atoms with Crippen molar-refractivity contribution in [3.8, 4) is 0 Å². The van der Waals surface area contributed by atoms with Gasteiger partial charge in [-0.1, -0.05) is 119 Å². The number of hydrogen-bond donors (Lipinski definition) is 9. The lowest BCUT2D eigenvalue weighted by atomic mass is 9.94. The number of carbonyl (C=O) groups excluding carboxylic acids is 6. The Kier molecular flexibility index (Phi) is 18.6. The van der Waals surface area contributed by atoms with Crippen molar-refractivity contribution < 1.29 is 48.6 Å². The zero-order chi connectivity index (χ0) is 46.9. The van der Waals surface area contributed by atoms with Crippen LogP contribution in [0.2, 0.25) is 0 Å². The molecule has 9 N–H and O–H groups in total. The molecule has 3 aromatic carbocycles. The molecule has 0 aliphatic rings. The lowest BCUT2D eigenvalue weighted by Gasteiger charge is -2.30. The third kappa shape index (κ3) is 14.5. The van der Waals surface area contributed by atoms with Crippen molar-refractivity contribution in [3.63, 3.8) is 0 Å². The molecule has 0 radical (unpaired) electrons. The van der Waals surface area contributed by atoms with Crippen LogP contribution in [0.15, 0.2) is 91.1 Å². The number of benzene rings is 3. The van der Waals surface area contributed by atoms with Crippen LogP contribution in [-0.2, 0) is 57.6 Å². The molecule has 0 saturated heterocycles. The van der Waals surface area contributed by atoms with Crippen LogP contribution in [-0.4, -0.2) is 98.8 Å². The van der Waals surface area contributed by atoms with Gasteiger partial charge in [0, 0.05) is 43.3 Å². The number of hydrogen-bond acceptors (Lipinski definition) is 8. The van der Waals surface area contributed by atoms with Crippen molar-refractivity contribution in [2.24, 2.45) is 11.8 Å². The van der Waals surface area contributed by atoms with Crippen molar-refractivity contribution in [1.82, 2.24) is 36.9 Å². The molecule has 17 heteroatoms. The zero-order valence-electron chi connectivity index (χ0n) is 36.7. The Morgan fingerprint density at radius 1 is 0.531 bits per heavy atom. The van der Waals surface area contributed by atoms with Crippen molar-refractivity contribution in [2.75, 3.05) is 0 Å². The molecule has 8 atom stereocenters. The van der Waals surface area contributed by atoms with E-state index in [9.17, 15) is 48.6 Å². The van der Waals surface area contributed by atoms with E-state index in [1.54, 1.807) is 94.6 Å². The zero-order valence-corrected chi connectivity index (χ0v) is 36.7. The van der Waals surface area contributed by atoms with Crippen LogP contribution < -0.4 is 31.9 Å². The Balaban J connectivity index is 1.54. The summed E-state index contributed by atoms with van der Waals surface area (Å²) in [4.78, 5) is 110. The molecule has 0 aliphatic heterocycles. The predicted octanol–water partition coefficient (Wildman–Crippen LogP) is 2.78. The first-order chi connectivity index (χ1) is 30.5. The minimum absolute atomic E-state index is 0.0477. The number of fused-ring (bicyclic) bond motifs is 1. The summed E-state index contributed by atoms with van der Waals surface area (Å²) in [6.07, 6.45) is 1.52. The first kappa shape index (κ1) is 49.6. The molecule has 342 valence electrons. The summed E-state index contributed by atoms with van der Waals surface area (Å²) in [5, 5.41) is 36.4. The number of carboxylic acid groups (broad SMARTS) is 2. The minimum atomic E-state index is -1.73. The van der Waals surface area contributed by atoms with E-state index in [0.29, 0.717) is 24.0 Å².